The highest BCUT2D eigenvalue weighted by Gasteiger charge is 2.39. The summed E-state index contributed by atoms with van der Waals surface area (Å²) in [5.41, 5.74) is 5.97. The molecule has 4 N–H and O–H groups in total. The molecule has 1 atom stereocenters. The van der Waals surface area contributed by atoms with Crippen LogP contribution in [0.25, 0.3) is 0 Å². The standard InChI is InChI=1S/C20H38N4O4Si/c1-19(2,3)27-18(25)23-13-14(28-29(8,9)20(4,5)6)12-22-17-15(21)10-11-16(24-17)26-7/h10-11,14H,12-13,21H2,1-9H3,(H,22,24)(H,23,25). The van der Waals surface area contributed by atoms with Crippen LogP contribution in [0.1, 0.15) is 41.5 Å². The third-order valence-electron chi connectivity index (χ3n) is 4.75. The zero-order valence-electron chi connectivity index (χ0n) is 19.3. The lowest BCUT2D eigenvalue weighted by molar-refractivity contribution is 0.0500. The van der Waals surface area contributed by atoms with Crippen molar-refractivity contribution in [2.45, 2.75) is 71.4 Å². The van der Waals surface area contributed by atoms with Crippen LogP contribution in [0.5, 0.6) is 5.88 Å². The van der Waals surface area contributed by atoms with Crippen molar-refractivity contribution in [1.82, 2.24) is 10.3 Å². The Labute approximate surface area is 176 Å². The maximum atomic E-state index is 12.1. The number of alkyl carbamates (subject to hydrolysis) is 1. The minimum atomic E-state index is -2.06. The summed E-state index contributed by atoms with van der Waals surface area (Å²) >= 11 is 0. The molecule has 0 aromatic carbocycles. The smallest absolute Gasteiger partial charge is 0.407 e. The molecule has 0 bridgehead atoms. The number of hydrogen-bond donors (Lipinski definition) is 3. The van der Waals surface area contributed by atoms with E-state index in [0.717, 1.165) is 0 Å². The number of hydrogen-bond acceptors (Lipinski definition) is 7. The average molecular weight is 427 g/mol. The molecule has 1 heterocycles. The number of amides is 1. The summed E-state index contributed by atoms with van der Waals surface area (Å²) in [5, 5.41) is 6.06. The van der Waals surface area contributed by atoms with Gasteiger partial charge in [0.2, 0.25) is 5.88 Å². The van der Waals surface area contributed by atoms with Gasteiger partial charge in [0.25, 0.3) is 0 Å². The van der Waals surface area contributed by atoms with E-state index in [9.17, 15) is 4.79 Å². The number of carbonyl (C=O) groups is 1. The summed E-state index contributed by atoms with van der Waals surface area (Å²) in [6.45, 7) is 17.1. The number of ether oxygens (including phenoxy) is 2. The van der Waals surface area contributed by atoms with E-state index >= 15 is 0 Å². The van der Waals surface area contributed by atoms with E-state index in [1.165, 1.54) is 0 Å². The Kier molecular flexibility index (Phi) is 8.34. The van der Waals surface area contributed by atoms with Crippen LogP contribution in [0.15, 0.2) is 12.1 Å². The fraction of sp³-hybridized carbons (Fsp3) is 0.700. The van der Waals surface area contributed by atoms with Gasteiger partial charge in [-0.25, -0.2) is 4.79 Å². The second-order valence-corrected chi connectivity index (χ2v) is 14.3. The lowest BCUT2D eigenvalue weighted by atomic mass is 10.2. The Morgan fingerprint density at radius 2 is 1.79 bits per heavy atom. The van der Waals surface area contributed by atoms with Gasteiger partial charge in [0.15, 0.2) is 14.1 Å². The van der Waals surface area contributed by atoms with Gasteiger partial charge in [-0.15, -0.1) is 0 Å². The molecule has 0 aliphatic carbocycles. The van der Waals surface area contributed by atoms with Crippen molar-refractivity contribution in [2.75, 3.05) is 31.2 Å². The first-order valence-corrected chi connectivity index (χ1v) is 12.7. The molecule has 0 radical (unpaired) electrons. The van der Waals surface area contributed by atoms with E-state index in [2.05, 4.69) is 49.5 Å². The van der Waals surface area contributed by atoms with Crippen LogP contribution in [0.2, 0.25) is 18.1 Å². The molecule has 1 aromatic heterocycles. The quantitative estimate of drug-likeness (QED) is 0.539. The number of aromatic nitrogens is 1. The minimum Gasteiger partial charge on any atom is -0.481 e. The van der Waals surface area contributed by atoms with Crippen molar-refractivity contribution < 1.29 is 18.7 Å². The summed E-state index contributed by atoms with van der Waals surface area (Å²) in [5.74, 6) is 0.987. The Hall–Kier alpha value is -2.00. The normalized spacial score (nSPS) is 13.6. The molecule has 0 aliphatic heterocycles. The monoisotopic (exact) mass is 426 g/mol. The minimum absolute atomic E-state index is 0.0322. The van der Waals surface area contributed by atoms with E-state index in [0.29, 0.717) is 30.5 Å². The van der Waals surface area contributed by atoms with Crippen LogP contribution in [-0.2, 0) is 9.16 Å². The number of nitrogens with two attached hydrogens (primary N) is 1. The van der Waals surface area contributed by atoms with Gasteiger partial charge in [-0.3, -0.25) is 0 Å². The lowest BCUT2D eigenvalue weighted by Gasteiger charge is -2.39. The number of nitrogen functional groups attached to an aromatic ring is 1. The zero-order chi connectivity index (χ0) is 22.5. The molecule has 166 valence electrons. The second-order valence-electron chi connectivity index (χ2n) is 9.56. The summed E-state index contributed by atoms with van der Waals surface area (Å²) < 4.78 is 17.0. The third kappa shape index (κ3) is 8.49. The summed E-state index contributed by atoms with van der Waals surface area (Å²) in [6, 6.07) is 3.44. The molecule has 1 amide bonds. The molecule has 0 fully saturated rings. The van der Waals surface area contributed by atoms with Crippen molar-refractivity contribution >= 4 is 25.9 Å². The van der Waals surface area contributed by atoms with Gasteiger partial charge in [0, 0.05) is 19.2 Å². The van der Waals surface area contributed by atoms with E-state index in [1.807, 2.05) is 20.8 Å². The van der Waals surface area contributed by atoms with Crippen molar-refractivity contribution in [3.8, 4) is 5.88 Å². The van der Waals surface area contributed by atoms with Crippen molar-refractivity contribution in [3.05, 3.63) is 12.1 Å². The molecule has 0 saturated heterocycles. The van der Waals surface area contributed by atoms with Gasteiger partial charge >= 0.3 is 6.09 Å². The van der Waals surface area contributed by atoms with Crippen molar-refractivity contribution in [3.63, 3.8) is 0 Å². The molecule has 9 heteroatoms. The van der Waals surface area contributed by atoms with Crippen LogP contribution >= 0.6 is 0 Å². The molecule has 1 rings (SSSR count). The molecule has 0 aliphatic rings. The number of rotatable bonds is 8. The van der Waals surface area contributed by atoms with Gasteiger partial charge in [0.05, 0.1) is 18.9 Å². The molecular weight excluding hydrogens is 388 g/mol. The van der Waals surface area contributed by atoms with Crippen molar-refractivity contribution in [1.29, 1.82) is 0 Å². The number of carbonyl (C=O) groups excluding carboxylic acids is 1. The Bertz CT molecular complexity index is 684. The number of methoxy groups -OCH3 is 1. The topological polar surface area (TPSA) is 108 Å². The molecule has 1 unspecified atom stereocenters. The van der Waals surface area contributed by atoms with E-state index in [1.54, 1.807) is 19.2 Å². The molecule has 8 nitrogen and oxygen atoms in total. The Balaban J connectivity index is 2.88. The van der Waals surface area contributed by atoms with E-state index in [4.69, 9.17) is 19.6 Å². The van der Waals surface area contributed by atoms with Crippen LogP contribution < -0.4 is 21.1 Å². The van der Waals surface area contributed by atoms with Crippen LogP contribution in [-0.4, -0.2) is 51.3 Å². The highest BCUT2D eigenvalue weighted by Crippen LogP contribution is 2.37. The molecule has 0 spiro atoms. The van der Waals surface area contributed by atoms with E-state index < -0.39 is 20.0 Å². The highest BCUT2D eigenvalue weighted by molar-refractivity contribution is 6.74. The fourth-order valence-corrected chi connectivity index (χ4v) is 3.53. The first-order chi connectivity index (χ1) is 13.1. The van der Waals surface area contributed by atoms with Gasteiger partial charge in [0.1, 0.15) is 5.60 Å². The number of nitrogens with zero attached hydrogens (tertiary/aromatic N) is 1. The van der Waals surface area contributed by atoms with Gasteiger partial charge in [-0.1, -0.05) is 20.8 Å². The van der Waals surface area contributed by atoms with Crippen molar-refractivity contribution in [2.24, 2.45) is 0 Å². The maximum Gasteiger partial charge on any atom is 0.407 e. The molecular formula is C20H38N4O4Si. The summed E-state index contributed by atoms with van der Waals surface area (Å²) in [7, 11) is -0.513. The molecule has 1 aromatic rings. The SMILES string of the molecule is COc1ccc(N)c(NCC(CNC(=O)OC(C)(C)C)O[Si](C)(C)C(C)(C)C)n1. The summed E-state index contributed by atoms with van der Waals surface area (Å²) in [6.07, 6.45) is -0.754. The van der Waals surface area contributed by atoms with Gasteiger partial charge in [-0.2, -0.15) is 4.98 Å². The highest BCUT2D eigenvalue weighted by atomic mass is 28.4. The van der Waals surface area contributed by atoms with E-state index in [-0.39, 0.29) is 11.1 Å². The number of anilines is 2. The van der Waals surface area contributed by atoms with Crippen LogP contribution in [0.3, 0.4) is 0 Å². The predicted octanol–water partition coefficient (Wildman–Crippen LogP) is 4.00. The second kappa shape index (κ2) is 9.66. The first-order valence-electron chi connectivity index (χ1n) is 9.83. The third-order valence-corrected chi connectivity index (χ3v) is 9.28. The number of nitrogens with one attached hydrogen (secondary N) is 2. The van der Waals surface area contributed by atoms with Crippen LogP contribution in [0.4, 0.5) is 16.3 Å². The Morgan fingerprint density at radius 3 is 2.31 bits per heavy atom. The maximum absolute atomic E-state index is 12.1. The average Bonchev–Trinajstić information content (AvgIpc) is 2.55. The van der Waals surface area contributed by atoms with Gasteiger partial charge in [-0.05, 0) is 45.0 Å². The molecule has 29 heavy (non-hydrogen) atoms. The fourth-order valence-electron chi connectivity index (χ4n) is 2.18. The predicted molar refractivity (Wildman–Crippen MR) is 120 cm³/mol. The summed E-state index contributed by atoms with van der Waals surface area (Å²) in [4.78, 5) is 16.4. The number of pyridine rings is 1. The lowest BCUT2D eigenvalue weighted by Crippen LogP contribution is -2.49. The largest absolute Gasteiger partial charge is 0.481 e. The Morgan fingerprint density at radius 1 is 1.17 bits per heavy atom. The zero-order valence-corrected chi connectivity index (χ0v) is 20.3. The van der Waals surface area contributed by atoms with Gasteiger partial charge < -0.3 is 30.3 Å². The first kappa shape index (κ1) is 25.0. The van der Waals surface area contributed by atoms with Crippen LogP contribution in [0, 0.1) is 0 Å². The molecule has 0 saturated carbocycles.